The molecule has 0 aliphatic carbocycles. The van der Waals surface area contributed by atoms with E-state index in [2.05, 4.69) is 36.1 Å². The Morgan fingerprint density at radius 1 is 0.943 bits per heavy atom. The maximum atomic E-state index is 12.8. The monoisotopic (exact) mass is 492 g/mol. The van der Waals surface area contributed by atoms with Gasteiger partial charge in [-0.05, 0) is 47.9 Å². The van der Waals surface area contributed by atoms with Gasteiger partial charge >= 0.3 is 0 Å². The van der Waals surface area contributed by atoms with Crippen LogP contribution in [-0.2, 0) is 22.6 Å². The van der Waals surface area contributed by atoms with Gasteiger partial charge in [-0.2, -0.15) is 0 Å². The summed E-state index contributed by atoms with van der Waals surface area (Å²) in [5.74, 6) is 0.967. The van der Waals surface area contributed by atoms with E-state index in [-0.39, 0.29) is 12.0 Å². The molecule has 0 bridgehead atoms. The van der Waals surface area contributed by atoms with Gasteiger partial charge in [0.2, 0.25) is 5.91 Å². The second-order valence-electron chi connectivity index (χ2n) is 9.05. The molecular formula is C29H33ClN2O3. The van der Waals surface area contributed by atoms with Crippen LogP contribution in [0.4, 0.5) is 0 Å². The smallest absolute Gasteiger partial charge is 0.227 e. The minimum atomic E-state index is -0.0747. The third kappa shape index (κ3) is 7.31. The Hall–Kier alpha value is -2.86. The zero-order valence-electron chi connectivity index (χ0n) is 20.5. The first-order chi connectivity index (χ1) is 17.0. The van der Waals surface area contributed by atoms with E-state index in [1.807, 2.05) is 53.4 Å². The quantitative estimate of drug-likeness (QED) is 0.406. The number of hydrogen-bond donors (Lipinski definition) is 0. The standard InChI is InChI=1S/C29H33ClN2O3/c1-22-4-3-5-24(18-22)21-35-28(25-8-10-26(30)11-9-25)20-31-14-16-32(17-15-31)29(33)19-23-6-12-27(34-2)13-7-23/h3-13,18,28H,14-17,19-21H2,1-2H3/t28-/m1/s1. The molecule has 0 spiro atoms. The van der Waals surface area contributed by atoms with Crippen molar-refractivity contribution in [3.05, 3.63) is 100 Å². The molecule has 1 aliphatic rings. The lowest BCUT2D eigenvalue weighted by atomic mass is 10.1. The lowest BCUT2D eigenvalue weighted by Gasteiger charge is -2.36. The lowest BCUT2D eigenvalue weighted by Crippen LogP contribution is -2.50. The second-order valence-corrected chi connectivity index (χ2v) is 9.48. The van der Waals surface area contributed by atoms with Crippen molar-refractivity contribution in [2.45, 2.75) is 26.1 Å². The van der Waals surface area contributed by atoms with Gasteiger partial charge in [-0.15, -0.1) is 0 Å². The highest BCUT2D eigenvalue weighted by Crippen LogP contribution is 2.24. The number of ether oxygens (including phenoxy) is 2. The molecule has 1 saturated heterocycles. The van der Waals surface area contributed by atoms with Gasteiger partial charge < -0.3 is 14.4 Å². The fraction of sp³-hybridized carbons (Fsp3) is 0.345. The van der Waals surface area contributed by atoms with Crippen LogP contribution < -0.4 is 4.74 Å². The number of methoxy groups -OCH3 is 1. The average molecular weight is 493 g/mol. The number of piperazine rings is 1. The van der Waals surface area contributed by atoms with E-state index in [1.54, 1.807) is 7.11 Å². The van der Waals surface area contributed by atoms with E-state index >= 15 is 0 Å². The summed E-state index contributed by atoms with van der Waals surface area (Å²) in [6, 6.07) is 24.0. The van der Waals surface area contributed by atoms with Crippen LogP contribution in [0, 0.1) is 6.92 Å². The first-order valence-corrected chi connectivity index (χ1v) is 12.4. The Bertz CT molecular complexity index is 1090. The molecule has 1 heterocycles. The lowest BCUT2D eigenvalue weighted by molar-refractivity contribution is -0.132. The molecule has 0 N–H and O–H groups in total. The largest absolute Gasteiger partial charge is 0.497 e. The number of nitrogens with zero attached hydrogens (tertiary/aromatic N) is 2. The summed E-state index contributed by atoms with van der Waals surface area (Å²) in [6.07, 6.45) is 0.339. The van der Waals surface area contributed by atoms with Crippen LogP contribution in [0.15, 0.2) is 72.8 Å². The van der Waals surface area contributed by atoms with Crippen LogP contribution in [0.3, 0.4) is 0 Å². The number of rotatable bonds is 9. The first kappa shape index (κ1) is 25.2. The first-order valence-electron chi connectivity index (χ1n) is 12.1. The van der Waals surface area contributed by atoms with Crippen molar-refractivity contribution < 1.29 is 14.3 Å². The van der Waals surface area contributed by atoms with Crippen LogP contribution in [0.5, 0.6) is 5.75 Å². The Labute approximate surface area is 213 Å². The molecule has 1 fully saturated rings. The number of carbonyl (C=O) groups is 1. The van der Waals surface area contributed by atoms with Crippen LogP contribution >= 0.6 is 11.6 Å². The van der Waals surface area contributed by atoms with Crippen LogP contribution in [-0.4, -0.2) is 55.5 Å². The highest BCUT2D eigenvalue weighted by Gasteiger charge is 2.24. The fourth-order valence-corrected chi connectivity index (χ4v) is 4.50. The topological polar surface area (TPSA) is 42.0 Å². The number of amides is 1. The van der Waals surface area contributed by atoms with Gasteiger partial charge in [-0.25, -0.2) is 0 Å². The molecule has 0 aromatic heterocycles. The molecule has 35 heavy (non-hydrogen) atoms. The third-order valence-electron chi connectivity index (χ3n) is 6.44. The molecule has 1 aliphatic heterocycles. The maximum Gasteiger partial charge on any atom is 0.227 e. The van der Waals surface area contributed by atoms with Crippen molar-refractivity contribution in [2.75, 3.05) is 39.8 Å². The SMILES string of the molecule is COc1ccc(CC(=O)N2CCN(C[C@@H](OCc3cccc(C)c3)c3ccc(Cl)cc3)CC2)cc1. The summed E-state index contributed by atoms with van der Waals surface area (Å²) in [4.78, 5) is 17.2. The minimum Gasteiger partial charge on any atom is -0.497 e. The van der Waals surface area contributed by atoms with E-state index in [4.69, 9.17) is 21.1 Å². The van der Waals surface area contributed by atoms with Gasteiger partial charge in [-0.3, -0.25) is 9.69 Å². The van der Waals surface area contributed by atoms with Crippen molar-refractivity contribution in [1.82, 2.24) is 9.80 Å². The second kappa shape index (κ2) is 12.2. The summed E-state index contributed by atoms with van der Waals surface area (Å²) in [5, 5.41) is 0.718. The van der Waals surface area contributed by atoms with Crippen LogP contribution in [0.25, 0.3) is 0 Å². The van der Waals surface area contributed by atoms with E-state index in [0.29, 0.717) is 13.0 Å². The summed E-state index contributed by atoms with van der Waals surface area (Å²) in [5.41, 5.74) is 4.51. The van der Waals surface area contributed by atoms with Crippen molar-refractivity contribution in [1.29, 1.82) is 0 Å². The molecule has 3 aromatic rings. The molecule has 0 saturated carbocycles. The van der Waals surface area contributed by atoms with Gasteiger partial charge in [0.05, 0.1) is 26.2 Å². The Kier molecular flexibility index (Phi) is 8.80. The fourth-order valence-electron chi connectivity index (χ4n) is 4.37. The Balaban J connectivity index is 1.33. The summed E-state index contributed by atoms with van der Waals surface area (Å²) in [6.45, 7) is 6.51. The number of carbonyl (C=O) groups excluding carboxylic acids is 1. The number of hydrogen-bond acceptors (Lipinski definition) is 4. The third-order valence-corrected chi connectivity index (χ3v) is 6.69. The van der Waals surface area contributed by atoms with Gasteiger partial charge in [0.15, 0.2) is 0 Å². The molecule has 4 rings (SSSR count). The highest BCUT2D eigenvalue weighted by atomic mass is 35.5. The maximum absolute atomic E-state index is 12.8. The molecule has 0 unspecified atom stereocenters. The molecule has 1 amide bonds. The zero-order valence-corrected chi connectivity index (χ0v) is 21.2. The predicted octanol–water partition coefficient (Wildman–Crippen LogP) is 5.30. The van der Waals surface area contributed by atoms with E-state index < -0.39 is 0 Å². The van der Waals surface area contributed by atoms with Gasteiger partial charge in [-0.1, -0.05) is 65.7 Å². The Morgan fingerprint density at radius 3 is 2.31 bits per heavy atom. The van der Waals surface area contributed by atoms with Crippen LogP contribution in [0.1, 0.15) is 28.4 Å². The van der Waals surface area contributed by atoms with Crippen molar-refractivity contribution >= 4 is 17.5 Å². The van der Waals surface area contributed by atoms with E-state index in [9.17, 15) is 4.79 Å². The molecule has 5 nitrogen and oxygen atoms in total. The van der Waals surface area contributed by atoms with Crippen molar-refractivity contribution in [3.63, 3.8) is 0 Å². The minimum absolute atomic E-state index is 0.0747. The Morgan fingerprint density at radius 2 is 1.66 bits per heavy atom. The summed E-state index contributed by atoms with van der Waals surface area (Å²) >= 11 is 6.12. The molecule has 6 heteroatoms. The van der Waals surface area contributed by atoms with Crippen molar-refractivity contribution in [2.24, 2.45) is 0 Å². The summed E-state index contributed by atoms with van der Waals surface area (Å²) < 4.78 is 11.6. The number of aryl methyl sites for hydroxylation is 1. The van der Waals surface area contributed by atoms with Crippen molar-refractivity contribution in [3.8, 4) is 5.75 Å². The van der Waals surface area contributed by atoms with Crippen LogP contribution in [0.2, 0.25) is 5.02 Å². The normalized spacial score (nSPS) is 15.1. The van der Waals surface area contributed by atoms with E-state index in [1.165, 1.54) is 5.56 Å². The van der Waals surface area contributed by atoms with E-state index in [0.717, 1.165) is 60.2 Å². The highest BCUT2D eigenvalue weighted by molar-refractivity contribution is 6.30. The van der Waals surface area contributed by atoms with Gasteiger partial charge in [0, 0.05) is 37.7 Å². The zero-order chi connectivity index (χ0) is 24.6. The molecule has 184 valence electrons. The number of halogens is 1. The molecular weight excluding hydrogens is 460 g/mol. The molecule has 1 atom stereocenters. The number of benzene rings is 3. The van der Waals surface area contributed by atoms with Gasteiger partial charge in [0.25, 0.3) is 0 Å². The summed E-state index contributed by atoms with van der Waals surface area (Å²) in [7, 11) is 1.64. The molecule has 0 radical (unpaired) electrons. The van der Waals surface area contributed by atoms with Gasteiger partial charge in [0.1, 0.15) is 5.75 Å². The predicted molar refractivity (Wildman–Crippen MR) is 140 cm³/mol. The average Bonchev–Trinajstić information content (AvgIpc) is 2.88. The molecule has 3 aromatic carbocycles.